The van der Waals surface area contributed by atoms with Crippen LogP contribution in [0.25, 0.3) is 0 Å². The molecule has 1 amide bonds. The van der Waals surface area contributed by atoms with Crippen LogP contribution in [-0.2, 0) is 16.1 Å². The molecule has 9 heteroatoms. The van der Waals surface area contributed by atoms with E-state index in [9.17, 15) is 9.59 Å². The molecular formula is C16H17N3O6. The van der Waals surface area contributed by atoms with Crippen LogP contribution in [0.4, 0.5) is 5.88 Å². The van der Waals surface area contributed by atoms with Crippen molar-refractivity contribution in [2.24, 2.45) is 0 Å². The van der Waals surface area contributed by atoms with E-state index < -0.39 is 18.0 Å². The molecule has 2 heterocycles. The lowest BCUT2D eigenvalue weighted by Gasteiger charge is -2.13. The lowest BCUT2D eigenvalue weighted by atomic mass is 10.2. The molecule has 0 unspecified atom stereocenters. The first-order valence-electron chi connectivity index (χ1n) is 7.54. The van der Waals surface area contributed by atoms with Crippen molar-refractivity contribution in [3.05, 3.63) is 35.0 Å². The summed E-state index contributed by atoms with van der Waals surface area (Å²) in [4.78, 5) is 24.2. The third kappa shape index (κ3) is 3.49. The van der Waals surface area contributed by atoms with E-state index in [0.717, 1.165) is 5.56 Å². The highest BCUT2D eigenvalue weighted by atomic mass is 16.7. The average molecular weight is 347 g/mol. The molecule has 2 aromatic rings. The van der Waals surface area contributed by atoms with Crippen molar-refractivity contribution < 1.29 is 28.3 Å². The highest BCUT2D eigenvalue weighted by Gasteiger charge is 2.24. The molecule has 0 spiro atoms. The van der Waals surface area contributed by atoms with Crippen LogP contribution in [0.1, 0.15) is 28.5 Å². The summed E-state index contributed by atoms with van der Waals surface area (Å²) in [5.74, 6) is -0.0557. The molecule has 0 saturated carbocycles. The predicted octanol–water partition coefficient (Wildman–Crippen LogP) is 1.16. The van der Waals surface area contributed by atoms with Crippen molar-refractivity contribution >= 4 is 17.8 Å². The van der Waals surface area contributed by atoms with E-state index in [0.29, 0.717) is 17.2 Å². The van der Waals surface area contributed by atoms with Crippen LogP contribution in [0.3, 0.4) is 0 Å². The first kappa shape index (κ1) is 16.6. The minimum Gasteiger partial charge on any atom is -0.454 e. The highest BCUT2D eigenvalue weighted by Crippen LogP contribution is 2.32. The number of carbonyl (C=O) groups is 2. The molecule has 0 bridgehead atoms. The second kappa shape index (κ2) is 6.71. The largest absolute Gasteiger partial charge is 0.454 e. The van der Waals surface area contributed by atoms with Crippen molar-refractivity contribution in [2.45, 2.75) is 26.5 Å². The van der Waals surface area contributed by atoms with Gasteiger partial charge < -0.3 is 29.8 Å². The number of esters is 1. The second-order valence-corrected chi connectivity index (χ2v) is 5.46. The fraction of sp³-hybridized carbons (Fsp3) is 0.312. The van der Waals surface area contributed by atoms with Crippen molar-refractivity contribution in [3.63, 3.8) is 0 Å². The number of fused-ring (bicyclic) bond motifs is 1. The first-order valence-corrected chi connectivity index (χ1v) is 7.54. The average Bonchev–Trinajstić information content (AvgIpc) is 3.18. The molecule has 1 aliphatic heterocycles. The molecule has 0 radical (unpaired) electrons. The number of ether oxygens (including phenoxy) is 3. The number of nitrogens with one attached hydrogen (secondary N) is 1. The molecule has 1 aromatic carbocycles. The number of anilines is 1. The molecule has 3 rings (SSSR count). The van der Waals surface area contributed by atoms with E-state index in [1.165, 1.54) is 6.92 Å². The summed E-state index contributed by atoms with van der Waals surface area (Å²) in [6, 6.07) is 5.36. The van der Waals surface area contributed by atoms with Crippen LogP contribution in [0.15, 0.2) is 22.7 Å². The Hall–Kier alpha value is -3.23. The van der Waals surface area contributed by atoms with Crippen molar-refractivity contribution in [3.8, 4) is 11.5 Å². The summed E-state index contributed by atoms with van der Waals surface area (Å²) in [7, 11) is 0. The number of nitrogens with two attached hydrogens (primary N) is 1. The number of aromatic nitrogens is 1. The SMILES string of the molecule is Cc1noc(N)c1C(=O)O[C@H](C)C(=O)NCc1ccc2c(c1)OCO2. The van der Waals surface area contributed by atoms with E-state index in [4.69, 9.17) is 24.5 Å². The van der Waals surface area contributed by atoms with Gasteiger partial charge in [0.1, 0.15) is 5.56 Å². The Labute approximate surface area is 143 Å². The Morgan fingerprint density at radius 1 is 1.36 bits per heavy atom. The highest BCUT2D eigenvalue weighted by molar-refractivity contribution is 5.96. The summed E-state index contributed by atoms with van der Waals surface area (Å²) < 4.78 is 20.3. The molecule has 1 aliphatic rings. The van der Waals surface area contributed by atoms with Gasteiger partial charge in [0.25, 0.3) is 5.91 Å². The van der Waals surface area contributed by atoms with Crippen molar-refractivity contribution in [1.82, 2.24) is 10.5 Å². The molecule has 9 nitrogen and oxygen atoms in total. The molecule has 132 valence electrons. The van der Waals surface area contributed by atoms with Crippen molar-refractivity contribution in [1.29, 1.82) is 0 Å². The minimum absolute atomic E-state index is 0.0235. The van der Waals surface area contributed by atoms with Gasteiger partial charge >= 0.3 is 5.97 Å². The number of amides is 1. The van der Waals surface area contributed by atoms with Crippen LogP contribution < -0.4 is 20.5 Å². The topological polar surface area (TPSA) is 126 Å². The monoisotopic (exact) mass is 347 g/mol. The number of rotatable bonds is 5. The van der Waals surface area contributed by atoms with Crippen LogP contribution in [0.2, 0.25) is 0 Å². The second-order valence-electron chi connectivity index (χ2n) is 5.46. The predicted molar refractivity (Wildman–Crippen MR) is 84.9 cm³/mol. The van der Waals surface area contributed by atoms with Crippen LogP contribution in [-0.4, -0.2) is 29.9 Å². The van der Waals surface area contributed by atoms with E-state index in [1.54, 1.807) is 19.1 Å². The molecule has 0 fully saturated rings. The van der Waals surface area contributed by atoms with Crippen LogP contribution in [0.5, 0.6) is 11.5 Å². The summed E-state index contributed by atoms with van der Waals surface area (Å²) in [6.07, 6.45) is -1.00. The normalized spacial score (nSPS) is 13.4. The van der Waals surface area contributed by atoms with Gasteiger partial charge in [0, 0.05) is 6.54 Å². The van der Waals surface area contributed by atoms with Gasteiger partial charge in [-0.25, -0.2) is 4.79 Å². The van der Waals surface area contributed by atoms with E-state index in [2.05, 4.69) is 10.5 Å². The van der Waals surface area contributed by atoms with Gasteiger partial charge in [0.05, 0.1) is 5.69 Å². The van der Waals surface area contributed by atoms with E-state index in [-0.39, 0.29) is 24.8 Å². The Morgan fingerprint density at radius 3 is 2.84 bits per heavy atom. The standard InChI is InChI=1S/C16H17N3O6/c1-8-13(14(17)25-19-8)16(21)24-9(2)15(20)18-6-10-3-4-11-12(5-10)23-7-22-11/h3-5,9H,6-7,17H2,1-2H3,(H,18,20)/t9-/m1/s1. The van der Waals surface area contributed by atoms with Gasteiger partial charge in [-0.1, -0.05) is 11.2 Å². The van der Waals surface area contributed by atoms with Crippen molar-refractivity contribution in [2.75, 3.05) is 12.5 Å². The van der Waals surface area contributed by atoms with Crippen LogP contribution >= 0.6 is 0 Å². The number of benzene rings is 1. The molecule has 25 heavy (non-hydrogen) atoms. The minimum atomic E-state index is -1.00. The molecule has 3 N–H and O–H groups in total. The fourth-order valence-electron chi connectivity index (χ4n) is 2.29. The fourth-order valence-corrected chi connectivity index (χ4v) is 2.29. The smallest absolute Gasteiger partial charge is 0.346 e. The number of aryl methyl sites for hydroxylation is 1. The van der Waals surface area contributed by atoms with Crippen LogP contribution in [0, 0.1) is 6.92 Å². The van der Waals surface area contributed by atoms with Gasteiger partial charge in [-0.15, -0.1) is 0 Å². The van der Waals surface area contributed by atoms with Gasteiger partial charge in [-0.3, -0.25) is 4.79 Å². The summed E-state index contributed by atoms with van der Waals surface area (Å²) in [5, 5.41) is 6.26. The summed E-state index contributed by atoms with van der Waals surface area (Å²) >= 11 is 0. The lowest BCUT2D eigenvalue weighted by molar-refractivity contribution is -0.129. The van der Waals surface area contributed by atoms with Gasteiger partial charge in [0.2, 0.25) is 12.7 Å². The third-order valence-corrected chi connectivity index (χ3v) is 3.65. The lowest BCUT2D eigenvalue weighted by Crippen LogP contribution is -2.35. The maximum Gasteiger partial charge on any atom is 0.346 e. The maximum atomic E-state index is 12.1. The Bertz CT molecular complexity index is 797. The maximum absolute atomic E-state index is 12.1. The number of carbonyl (C=O) groups excluding carboxylic acids is 2. The Balaban J connectivity index is 1.55. The van der Waals surface area contributed by atoms with E-state index in [1.807, 2.05) is 6.07 Å². The zero-order valence-corrected chi connectivity index (χ0v) is 13.7. The summed E-state index contributed by atoms with van der Waals surface area (Å²) in [5.41, 5.74) is 6.67. The number of nitrogen functional groups attached to an aromatic ring is 1. The molecular weight excluding hydrogens is 330 g/mol. The van der Waals surface area contributed by atoms with Gasteiger partial charge in [-0.2, -0.15) is 0 Å². The number of hydrogen-bond acceptors (Lipinski definition) is 8. The number of hydrogen-bond donors (Lipinski definition) is 2. The number of nitrogens with zero attached hydrogens (tertiary/aromatic N) is 1. The van der Waals surface area contributed by atoms with Gasteiger partial charge in [0.15, 0.2) is 17.6 Å². The van der Waals surface area contributed by atoms with E-state index >= 15 is 0 Å². The molecule has 1 aromatic heterocycles. The Kier molecular flexibility index (Phi) is 4.46. The zero-order chi connectivity index (χ0) is 18.0. The molecule has 0 aliphatic carbocycles. The van der Waals surface area contributed by atoms with Gasteiger partial charge in [-0.05, 0) is 31.5 Å². The molecule has 0 saturated heterocycles. The molecule has 1 atom stereocenters. The summed E-state index contributed by atoms with van der Waals surface area (Å²) in [6.45, 7) is 3.46. The first-order chi connectivity index (χ1) is 12.0. The third-order valence-electron chi connectivity index (χ3n) is 3.65. The zero-order valence-electron chi connectivity index (χ0n) is 13.7. The Morgan fingerprint density at radius 2 is 2.12 bits per heavy atom. The quantitative estimate of drug-likeness (QED) is 0.772.